The average Bonchev–Trinajstić information content (AvgIpc) is 2.64. The van der Waals surface area contributed by atoms with Crippen LogP contribution in [0.3, 0.4) is 0 Å². The fourth-order valence-corrected chi connectivity index (χ4v) is 2.78. The summed E-state index contributed by atoms with van der Waals surface area (Å²) in [5, 5.41) is 0. The standard InChI is InChI=1S/C22H27FN2O4/c1-6-25(21(27)29-22(2,3)4)14-17-11-18(23)7-8-19(17)16-9-15(12-24-13-16)10-20(26)28-5/h7-9,11-13H,6,10,14H2,1-5H3. The number of benzene rings is 1. The van der Waals surface area contributed by atoms with Gasteiger partial charge in [-0.3, -0.25) is 9.78 Å². The maximum Gasteiger partial charge on any atom is 0.410 e. The molecule has 0 N–H and O–H groups in total. The number of amides is 1. The Morgan fingerprint density at radius 3 is 2.52 bits per heavy atom. The van der Waals surface area contributed by atoms with Crippen LogP contribution in [-0.2, 0) is 27.2 Å². The third kappa shape index (κ3) is 6.55. The molecule has 0 radical (unpaired) electrons. The van der Waals surface area contributed by atoms with Gasteiger partial charge in [-0.25, -0.2) is 9.18 Å². The Morgan fingerprint density at radius 2 is 1.90 bits per heavy atom. The number of rotatable bonds is 6. The highest BCUT2D eigenvalue weighted by molar-refractivity contribution is 5.74. The number of nitrogens with zero attached hydrogens (tertiary/aromatic N) is 2. The van der Waals surface area contributed by atoms with Crippen LogP contribution in [0.25, 0.3) is 11.1 Å². The van der Waals surface area contributed by atoms with Crippen molar-refractivity contribution >= 4 is 12.1 Å². The number of carbonyl (C=O) groups excluding carboxylic acids is 2. The highest BCUT2D eigenvalue weighted by atomic mass is 19.1. The van der Waals surface area contributed by atoms with Crippen LogP contribution in [0.5, 0.6) is 0 Å². The molecule has 0 aliphatic carbocycles. The lowest BCUT2D eigenvalue weighted by Crippen LogP contribution is -2.36. The molecule has 1 aromatic heterocycles. The van der Waals surface area contributed by atoms with Crippen molar-refractivity contribution in [2.45, 2.75) is 46.3 Å². The lowest BCUT2D eigenvalue weighted by molar-refractivity contribution is -0.139. The minimum absolute atomic E-state index is 0.0901. The van der Waals surface area contributed by atoms with Gasteiger partial charge in [0, 0.05) is 31.0 Å². The van der Waals surface area contributed by atoms with Gasteiger partial charge in [-0.05, 0) is 62.6 Å². The van der Waals surface area contributed by atoms with E-state index < -0.39 is 17.5 Å². The largest absolute Gasteiger partial charge is 0.469 e. The number of ether oxygens (including phenoxy) is 2. The van der Waals surface area contributed by atoms with Crippen LogP contribution in [-0.4, -0.2) is 41.2 Å². The first-order valence-electron chi connectivity index (χ1n) is 9.40. The summed E-state index contributed by atoms with van der Waals surface area (Å²) in [6.45, 7) is 7.81. The molecule has 0 unspecified atom stereocenters. The van der Waals surface area contributed by atoms with Crippen LogP contribution in [0.4, 0.5) is 9.18 Å². The highest BCUT2D eigenvalue weighted by Gasteiger charge is 2.22. The quantitative estimate of drug-likeness (QED) is 0.672. The first-order chi connectivity index (χ1) is 13.6. The SMILES string of the molecule is CCN(Cc1cc(F)ccc1-c1cncc(CC(=O)OC)c1)C(=O)OC(C)(C)C. The van der Waals surface area contributed by atoms with Crippen molar-refractivity contribution < 1.29 is 23.5 Å². The fraction of sp³-hybridized carbons (Fsp3) is 0.409. The molecule has 0 aliphatic rings. The fourth-order valence-electron chi connectivity index (χ4n) is 2.78. The van der Waals surface area contributed by atoms with Crippen molar-refractivity contribution in [3.63, 3.8) is 0 Å². The Hall–Kier alpha value is -2.96. The van der Waals surface area contributed by atoms with Crippen molar-refractivity contribution in [2.24, 2.45) is 0 Å². The summed E-state index contributed by atoms with van der Waals surface area (Å²) >= 11 is 0. The van der Waals surface area contributed by atoms with E-state index in [0.717, 1.165) is 11.1 Å². The van der Waals surface area contributed by atoms with E-state index in [0.29, 0.717) is 17.7 Å². The van der Waals surface area contributed by atoms with Gasteiger partial charge in [0.05, 0.1) is 13.5 Å². The van der Waals surface area contributed by atoms with E-state index in [4.69, 9.17) is 9.47 Å². The summed E-state index contributed by atoms with van der Waals surface area (Å²) in [4.78, 5) is 29.7. The van der Waals surface area contributed by atoms with Crippen LogP contribution < -0.4 is 0 Å². The molecule has 0 atom stereocenters. The Bertz CT molecular complexity index is 877. The third-order valence-corrected chi connectivity index (χ3v) is 4.14. The second-order valence-electron chi connectivity index (χ2n) is 7.63. The highest BCUT2D eigenvalue weighted by Crippen LogP contribution is 2.27. The maximum atomic E-state index is 14.0. The smallest absolute Gasteiger partial charge is 0.410 e. The van der Waals surface area contributed by atoms with Crippen molar-refractivity contribution in [3.05, 3.63) is 53.6 Å². The van der Waals surface area contributed by atoms with Crippen LogP contribution in [0, 0.1) is 5.82 Å². The summed E-state index contributed by atoms with van der Waals surface area (Å²) in [6.07, 6.45) is 2.85. The van der Waals surface area contributed by atoms with Crippen LogP contribution >= 0.6 is 0 Å². The molecule has 1 aromatic carbocycles. The summed E-state index contributed by atoms with van der Waals surface area (Å²) in [6, 6.07) is 6.21. The van der Waals surface area contributed by atoms with Crippen LogP contribution in [0.1, 0.15) is 38.8 Å². The van der Waals surface area contributed by atoms with Gasteiger partial charge in [0.2, 0.25) is 0 Å². The number of hydrogen-bond acceptors (Lipinski definition) is 5. The zero-order valence-corrected chi connectivity index (χ0v) is 17.5. The minimum atomic E-state index is -0.624. The van der Waals surface area contributed by atoms with Gasteiger partial charge >= 0.3 is 12.1 Å². The van der Waals surface area contributed by atoms with Crippen LogP contribution in [0.2, 0.25) is 0 Å². The van der Waals surface area contributed by atoms with Gasteiger partial charge in [-0.15, -0.1) is 0 Å². The van der Waals surface area contributed by atoms with E-state index in [2.05, 4.69) is 4.98 Å². The number of methoxy groups -OCH3 is 1. The molecule has 0 fully saturated rings. The lowest BCUT2D eigenvalue weighted by atomic mass is 9.99. The van der Waals surface area contributed by atoms with Crippen molar-refractivity contribution in [1.29, 1.82) is 0 Å². The minimum Gasteiger partial charge on any atom is -0.469 e. The van der Waals surface area contributed by atoms with Gasteiger partial charge in [0.15, 0.2) is 0 Å². The molecule has 0 spiro atoms. The first-order valence-corrected chi connectivity index (χ1v) is 9.40. The molecule has 0 saturated heterocycles. The number of aromatic nitrogens is 1. The zero-order valence-electron chi connectivity index (χ0n) is 17.5. The molecule has 2 aromatic rings. The normalized spacial score (nSPS) is 11.1. The number of pyridine rings is 1. The third-order valence-electron chi connectivity index (χ3n) is 4.14. The molecule has 1 amide bonds. The van der Waals surface area contributed by atoms with E-state index in [-0.39, 0.29) is 18.9 Å². The summed E-state index contributed by atoms with van der Waals surface area (Å²) in [5.74, 6) is -0.770. The molecule has 7 heteroatoms. The Morgan fingerprint density at radius 1 is 1.17 bits per heavy atom. The second-order valence-corrected chi connectivity index (χ2v) is 7.63. The maximum absolute atomic E-state index is 14.0. The first kappa shape index (κ1) is 22.3. The topological polar surface area (TPSA) is 68.7 Å². The van der Waals surface area contributed by atoms with Gasteiger partial charge in [-0.2, -0.15) is 0 Å². The Labute approximate surface area is 170 Å². The molecule has 0 bridgehead atoms. The van der Waals surface area contributed by atoms with Crippen molar-refractivity contribution in [2.75, 3.05) is 13.7 Å². The number of esters is 1. The molecule has 156 valence electrons. The summed E-state index contributed by atoms with van der Waals surface area (Å²) in [5.41, 5.74) is 2.13. The van der Waals surface area contributed by atoms with Gasteiger partial charge in [-0.1, -0.05) is 6.07 Å². The number of halogens is 1. The van der Waals surface area contributed by atoms with Crippen molar-refractivity contribution in [3.8, 4) is 11.1 Å². The van der Waals surface area contributed by atoms with E-state index >= 15 is 0 Å². The van der Waals surface area contributed by atoms with Crippen LogP contribution in [0.15, 0.2) is 36.7 Å². The Kier molecular flexibility index (Phi) is 7.31. The monoisotopic (exact) mass is 402 g/mol. The van der Waals surface area contributed by atoms with Gasteiger partial charge in [0.25, 0.3) is 0 Å². The molecular weight excluding hydrogens is 375 g/mol. The molecule has 1 heterocycles. The number of carbonyl (C=O) groups is 2. The Balaban J connectivity index is 2.35. The molecule has 0 saturated carbocycles. The lowest BCUT2D eigenvalue weighted by Gasteiger charge is -2.27. The zero-order chi connectivity index (χ0) is 21.6. The molecule has 6 nitrogen and oxygen atoms in total. The molecule has 0 aliphatic heterocycles. The van der Waals surface area contributed by atoms with Gasteiger partial charge < -0.3 is 14.4 Å². The molecule has 29 heavy (non-hydrogen) atoms. The van der Waals surface area contributed by atoms with Crippen molar-refractivity contribution in [1.82, 2.24) is 9.88 Å². The number of hydrogen-bond donors (Lipinski definition) is 0. The van der Waals surface area contributed by atoms with E-state index in [1.807, 2.05) is 13.0 Å². The summed E-state index contributed by atoms with van der Waals surface area (Å²) < 4.78 is 24.1. The van der Waals surface area contributed by atoms with E-state index in [9.17, 15) is 14.0 Å². The molecular formula is C22H27FN2O4. The summed E-state index contributed by atoms with van der Waals surface area (Å²) in [7, 11) is 1.33. The average molecular weight is 402 g/mol. The predicted octanol–water partition coefficient (Wildman–Crippen LogP) is 4.36. The second kappa shape index (κ2) is 9.49. The van der Waals surface area contributed by atoms with Gasteiger partial charge in [0.1, 0.15) is 11.4 Å². The van der Waals surface area contributed by atoms with E-state index in [1.165, 1.54) is 24.1 Å². The molecule has 2 rings (SSSR count). The van der Waals surface area contributed by atoms with E-state index in [1.54, 1.807) is 39.2 Å². The predicted molar refractivity (Wildman–Crippen MR) is 108 cm³/mol.